The topological polar surface area (TPSA) is 101 Å². The van der Waals surface area contributed by atoms with Gasteiger partial charge < -0.3 is 5.73 Å². The second kappa shape index (κ2) is 8.04. The van der Waals surface area contributed by atoms with E-state index in [1.807, 2.05) is 0 Å². The number of amides is 1. The second-order valence-electron chi connectivity index (χ2n) is 7.07. The first-order valence-electron chi connectivity index (χ1n) is 9.42. The van der Waals surface area contributed by atoms with Gasteiger partial charge in [0.15, 0.2) is 5.01 Å². The van der Waals surface area contributed by atoms with E-state index in [1.165, 1.54) is 12.4 Å². The number of thiazole rings is 1. The van der Waals surface area contributed by atoms with Gasteiger partial charge in [0.2, 0.25) is 0 Å². The summed E-state index contributed by atoms with van der Waals surface area (Å²) in [6, 6.07) is 0.804. The van der Waals surface area contributed by atoms with Crippen LogP contribution < -0.4 is 10.6 Å². The third-order valence-corrected chi connectivity index (χ3v) is 6.14. The van der Waals surface area contributed by atoms with Crippen LogP contribution in [0.2, 0.25) is 0 Å². The maximum atomic E-state index is 15.0. The number of nitrogens with two attached hydrogens (primary N) is 1. The van der Waals surface area contributed by atoms with Gasteiger partial charge in [-0.15, -0.1) is 11.3 Å². The number of H-pyrrole nitrogens is 1. The zero-order valence-corrected chi connectivity index (χ0v) is 16.8. The third kappa shape index (κ3) is 3.63. The van der Waals surface area contributed by atoms with Gasteiger partial charge in [-0.1, -0.05) is 6.58 Å². The van der Waals surface area contributed by atoms with Gasteiger partial charge in [0.05, 0.1) is 28.7 Å². The summed E-state index contributed by atoms with van der Waals surface area (Å²) in [5, 5.41) is 6.66. The average Bonchev–Trinajstić information content (AvgIpc) is 3.40. The Labute approximate surface area is 175 Å². The molecule has 1 aliphatic rings. The number of nitrogens with zero attached hydrogens (tertiary/aromatic N) is 4. The fourth-order valence-corrected chi connectivity index (χ4v) is 4.60. The van der Waals surface area contributed by atoms with Crippen LogP contribution in [0, 0.1) is 0 Å². The molecule has 0 spiro atoms. The number of nitrogens with one attached hydrogen (secondary N) is 1. The molecule has 0 unspecified atom stereocenters. The molecule has 3 heterocycles. The van der Waals surface area contributed by atoms with E-state index in [9.17, 15) is 13.6 Å². The molecule has 30 heavy (non-hydrogen) atoms. The standard InChI is InChI=1S/C20H20F2N6OS/c1-2-15-16(12-9-25-26-10-12)27-18(30-15)19(29)28(13-5-4-8-24-11-13)17-14(23)6-3-7-20(17,21)22/h2,4-5,8-11,14,17H,1,3,6-7,23H2,(H,25,26)/t14-,17-/m1/s1. The minimum absolute atomic E-state index is 0.0681. The van der Waals surface area contributed by atoms with Gasteiger partial charge in [0, 0.05) is 30.4 Å². The van der Waals surface area contributed by atoms with Crippen molar-refractivity contribution in [2.75, 3.05) is 4.90 Å². The highest BCUT2D eigenvalue weighted by molar-refractivity contribution is 7.15. The van der Waals surface area contributed by atoms with Crippen molar-refractivity contribution in [2.24, 2.45) is 5.73 Å². The number of rotatable bonds is 5. The number of anilines is 1. The molecule has 0 saturated heterocycles. The predicted octanol–water partition coefficient (Wildman–Crippen LogP) is 3.73. The smallest absolute Gasteiger partial charge is 0.287 e. The Morgan fingerprint density at radius 3 is 2.90 bits per heavy atom. The molecule has 3 aromatic heterocycles. The van der Waals surface area contributed by atoms with Gasteiger partial charge in [0.25, 0.3) is 11.8 Å². The van der Waals surface area contributed by atoms with Gasteiger partial charge in [-0.3, -0.25) is 19.8 Å². The van der Waals surface area contributed by atoms with Crippen LogP contribution in [-0.4, -0.2) is 44.1 Å². The lowest BCUT2D eigenvalue weighted by Gasteiger charge is -2.42. The molecule has 7 nitrogen and oxygen atoms in total. The highest BCUT2D eigenvalue weighted by Gasteiger charge is 2.51. The fourth-order valence-electron chi connectivity index (χ4n) is 3.73. The van der Waals surface area contributed by atoms with Crippen molar-refractivity contribution >= 4 is 29.0 Å². The lowest BCUT2D eigenvalue weighted by atomic mass is 9.86. The minimum atomic E-state index is -3.13. The summed E-state index contributed by atoms with van der Waals surface area (Å²) in [5.41, 5.74) is 7.55. The molecule has 0 bridgehead atoms. The highest BCUT2D eigenvalue weighted by atomic mass is 32.1. The van der Waals surface area contributed by atoms with E-state index < -0.39 is 23.9 Å². The molecule has 10 heteroatoms. The molecule has 3 aromatic rings. The number of halogens is 2. The number of hydrogen-bond acceptors (Lipinski definition) is 6. The lowest BCUT2D eigenvalue weighted by molar-refractivity contribution is -0.0588. The van der Waals surface area contributed by atoms with E-state index in [0.717, 1.165) is 16.2 Å². The summed E-state index contributed by atoms with van der Waals surface area (Å²) >= 11 is 1.09. The first-order valence-corrected chi connectivity index (χ1v) is 10.2. The van der Waals surface area contributed by atoms with Crippen molar-refractivity contribution in [1.82, 2.24) is 20.2 Å². The molecule has 1 fully saturated rings. The summed E-state index contributed by atoms with van der Waals surface area (Å²) in [6.07, 6.45) is 8.07. The van der Waals surface area contributed by atoms with Crippen LogP contribution in [0.5, 0.6) is 0 Å². The molecule has 3 N–H and O–H groups in total. The van der Waals surface area contributed by atoms with Crippen molar-refractivity contribution in [3.63, 3.8) is 0 Å². The van der Waals surface area contributed by atoms with E-state index in [0.29, 0.717) is 29.0 Å². The van der Waals surface area contributed by atoms with Gasteiger partial charge in [-0.25, -0.2) is 13.8 Å². The van der Waals surface area contributed by atoms with Gasteiger partial charge in [-0.2, -0.15) is 5.10 Å². The number of carbonyl (C=O) groups excluding carboxylic acids is 1. The number of pyridine rings is 1. The predicted molar refractivity (Wildman–Crippen MR) is 111 cm³/mol. The molecule has 0 radical (unpaired) electrons. The Balaban J connectivity index is 1.80. The van der Waals surface area contributed by atoms with Crippen LogP contribution in [0.4, 0.5) is 14.5 Å². The summed E-state index contributed by atoms with van der Waals surface area (Å²) < 4.78 is 29.9. The molecule has 156 valence electrons. The molecule has 0 aliphatic heterocycles. The first kappa shape index (κ1) is 20.3. The molecule has 1 amide bonds. The minimum Gasteiger partial charge on any atom is -0.326 e. The number of alkyl halides is 2. The van der Waals surface area contributed by atoms with Gasteiger partial charge in [-0.05, 0) is 31.1 Å². The van der Waals surface area contributed by atoms with Crippen molar-refractivity contribution in [1.29, 1.82) is 0 Å². The van der Waals surface area contributed by atoms with E-state index >= 15 is 0 Å². The molecular formula is C20H20F2N6OS. The highest BCUT2D eigenvalue weighted by Crippen LogP contribution is 2.39. The monoisotopic (exact) mass is 430 g/mol. The van der Waals surface area contributed by atoms with Crippen LogP contribution in [0.3, 0.4) is 0 Å². The Morgan fingerprint density at radius 2 is 2.27 bits per heavy atom. The Kier molecular flexibility index (Phi) is 5.44. The normalized spacial score (nSPS) is 20.6. The van der Waals surface area contributed by atoms with E-state index in [4.69, 9.17) is 5.73 Å². The van der Waals surface area contributed by atoms with Crippen LogP contribution in [0.25, 0.3) is 17.3 Å². The largest absolute Gasteiger partial charge is 0.326 e. The Hall–Kier alpha value is -2.98. The number of aromatic nitrogens is 4. The fraction of sp³-hybridized carbons (Fsp3) is 0.300. The second-order valence-corrected chi connectivity index (χ2v) is 8.10. The Morgan fingerprint density at radius 1 is 1.43 bits per heavy atom. The third-order valence-electron chi connectivity index (χ3n) is 5.10. The summed E-state index contributed by atoms with van der Waals surface area (Å²) in [6.45, 7) is 3.77. The van der Waals surface area contributed by atoms with Crippen LogP contribution in [-0.2, 0) is 0 Å². The maximum absolute atomic E-state index is 15.0. The number of aromatic amines is 1. The van der Waals surface area contributed by atoms with Gasteiger partial charge >= 0.3 is 0 Å². The lowest BCUT2D eigenvalue weighted by Crippen LogP contribution is -2.61. The average molecular weight is 430 g/mol. The van der Waals surface area contributed by atoms with Crippen molar-refractivity contribution < 1.29 is 13.6 Å². The van der Waals surface area contributed by atoms with E-state index in [2.05, 4.69) is 26.7 Å². The van der Waals surface area contributed by atoms with Crippen LogP contribution >= 0.6 is 11.3 Å². The molecule has 2 atom stereocenters. The van der Waals surface area contributed by atoms with Crippen LogP contribution in [0.1, 0.15) is 33.9 Å². The summed E-state index contributed by atoms with van der Waals surface area (Å²) in [7, 11) is 0. The molecule has 1 aliphatic carbocycles. The zero-order chi connectivity index (χ0) is 21.3. The quantitative estimate of drug-likeness (QED) is 0.642. The van der Waals surface area contributed by atoms with Gasteiger partial charge in [0.1, 0.15) is 6.04 Å². The van der Waals surface area contributed by atoms with E-state index in [-0.39, 0.29) is 17.1 Å². The van der Waals surface area contributed by atoms with E-state index in [1.54, 1.807) is 30.6 Å². The number of hydrogen-bond donors (Lipinski definition) is 2. The van der Waals surface area contributed by atoms with Crippen LogP contribution in [0.15, 0.2) is 43.5 Å². The SMILES string of the molecule is C=Cc1sc(C(=O)N(c2cccnc2)[C@@H]2[C@H](N)CCCC2(F)F)nc1-c1cn[nH]c1. The molecule has 4 rings (SSSR count). The first-order chi connectivity index (χ1) is 14.4. The summed E-state index contributed by atoms with van der Waals surface area (Å²) in [5.74, 6) is -3.78. The summed E-state index contributed by atoms with van der Waals surface area (Å²) in [4.78, 5) is 23.7. The van der Waals surface area contributed by atoms with Crippen molar-refractivity contribution in [3.8, 4) is 11.3 Å². The molecule has 0 aromatic carbocycles. The maximum Gasteiger partial charge on any atom is 0.287 e. The number of carbonyl (C=O) groups is 1. The van der Waals surface area contributed by atoms with Crippen molar-refractivity contribution in [2.45, 2.75) is 37.3 Å². The Bertz CT molecular complexity index is 1040. The van der Waals surface area contributed by atoms with Crippen molar-refractivity contribution in [3.05, 3.63) is 53.4 Å². The molecular weight excluding hydrogens is 410 g/mol. The molecule has 1 saturated carbocycles. The zero-order valence-electron chi connectivity index (χ0n) is 16.0.